The summed E-state index contributed by atoms with van der Waals surface area (Å²) in [6, 6.07) is 6.24. The fourth-order valence-corrected chi connectivity index (χ4v) is 6.05. The molecule has 2 aromatic heterocycles. The third kappa shape index (κ3) is 4.00. The second-order valence-electron chi connectivity index (χ2n) is 11.5. The van der Waals surface area contributed by atoms with Gasteiger partial charge in [-0.2, -0.15) is 0 Å². The van der Waals surface area contributed by atoms with Crippen LogP contribution in [0.4, 0.5) is 5.82 Å². The van der Waals surface area contributed by atoms with E-state index in [-0.39, 0.29) is 30.4 Å². The molecule has 37 heavy (non-hydrogen) atoms. The summed E-state index contributed by atoms with van der Waals surface area (Å²) in [5.74, 6) is 1.81. The molecule has 3 fully saturated rings. The van der Waals surface area contributed by atoms with Crippen molar-refractivity contribution in [2.45, 2.75) is 76.2 Å². The van der Waals surface area contributed by atoms with Crippen molar-refractivity contribution in [1.82, 2.24) is 24.8 Å². The number of nitrogens with zero attached hydrogens (tertiary/aromatic N) is 4. The van der Waals surface area contributed by atoms with E-state index in [9.17, 15) is 15.0 Å². The molecule has 0 bridgehead atoms. The number of aliphatic hydroxyl groups excluding tert-OH is 2. The zero-order valence-electron chi connectivity index (χ0n) is 21.1. The first-order valence-corrected chi connectivity index (χ1v) is 13.6. The fraction of sp³-hybridized carbons (Fsp3) is 0.536. The standard InChI is InChI=1S/C28H34N6O3/c1-14(15-2-3-15)33-12-19-10-18(11-20(16-4-5-16)23(19)28(33)37)21-8-9-34-26(30-21)24(25(29)32-34)27(36)31-22(13-35)17-6-7-17/h8-11,14-17,22,27,31,35-36H,2-7,12-13H2,1H3,(H2,29,32)/t14-,22-,27?/m0/s1. The Morgan fingerprint density at radius 3 is 2.59 bits per heavy atom. The molecule has 3 aliphatic carbocycles. The molecular formula is C28H34N6O3. The third-order valence-electron chi connectivity index (χ3n) is 8.76. The SMILES string of the molecule is C[C@@H](C1CC1)N1Cc2cc(-c3ccn4nc(N)c(C(O)N[C@@H](CO)C5CC5)c4n3)cc(C3CC3)c2C1=O. The molecule has 1 amide bonds. The van der Waals surface area contributed by atoms with E-state index in [2.05, 4.69) is 34.4 Å². The van der Waals surface area contributed by atoms with Crippen molar-refractivity contribution in [3.8, 4) is 11.3 Å². The van der Waals surface area contributed by atoms with E-state index in [1.54, 1.807) is 4.52 Å². The molecule has 3 saturated carbocycles. The first-order chi connectivity index (χ1) is 17.9. The van der Waals surface area contributed by atoms with Crippen molar-refractivity contribution in [3.63, 3.8) is 0 Å². The van der Waals surface area contributed by atoms with Crippen molar-refractivity contribution in [2.75, 3.05) is 12.3 Å². The van der Waals surface area contributed by atoms with E-state index in [1.165, 1.54) is 12.8 Å². The van der Waals surface area contributed by atoms with Crippen LogP contribution in [0.15, 0.2) is 24.4 Å². The Morgan fingerprint density at radius 2 is 1.92 bits per heavy atom. The molecule has 0 radical (unpaired) electrons. The number of anilines is 1. The highest BCUT2D eigenvalue weighted by molar-refractivity contribution is 6.01. The van der Waals surface area contributed by atoms with Crippen molar-refractivity contribution < 1.29 is 15.0 Å². The van der Waals surface area contributed by atoms with E-state index >= 15 is 0 Å². The van der Waals surface area contributed by atoms with Gasteiger partial charge in [0.05, 0.1) is 17.9 Å². The second-order valence-corrected chi connectivity index (χ2v) is 11.5. The molecule has 1 aliphatic heterocycles. The molecule has 1 aromatic carbocycles. The molecule has 7 rings (SSSR count). The maximum atomic E-state index is 13.5. The minimum absolute atomic E-state index is 0.0479. The van der Waals surface area contributed by atoms with Crippen LogP contribution in [-0.4, -0.2) is 54.3 Å². The van der Waals surface area contributed by atoms with Crippen molar-refractivity contribution in [3.05, 3.63) is 46.6 Å². The Balaban J connectivity index is 1.26. The van der Waals surface area contributed by atoms with Gasteiger partial charge in [-0.15, -0.1) is 5.10 Å². The summed E-state index contributed by atoms with van der Waals surface area (Å²) in [7, 11) is 0. The monoisotopic (exact) mass is 502 g/mol. The number of carbonyl (C=O) groups excluding carboxylic acids is 1. The lowest BCUT2D eigenvalue weighted by Gasteiger charge is -2.24. The van der Waals surface area contributed by atoms with Crippen LogP contribution in [0.2, 0.25) is 0 Å². The number of aromatic nitrogens is 3. The highest BCUT2D eigenvalue weighted by Gasteiger charge is 2.41. The predicted molar refractivity (Wildman–Crippen MR) is 139 cm³/mol. The molecule has 3 heterocycles. The number of nitrogens with one attached hydrogen (secondary N) is 1. The van der Waals surface area contributed by atoms with Crippen LogP contribution >= 0.6 is 0 Å². The highest BCUT2D eigenvalue weighted by atomic mass is 16.3. The van der Waals surface area contributed by atoms with Gasteiger partial charge in [-0.1, -0.05) is 0 Å². The summed E-state index contributed by atoms with van der Waals surface area (Å²) in [5, 5.41) is 28.2. The van der Waals surface area contributed by atoms with Gasteiger partial charge >= 0.3 is 0 Å². The van der Waals surface area contributed by atoms with Gasteiger partial charge in [0.25, 0.3) is 5.91 Å². The lowest BCUT2D eigenvalue weighted by molar-refractivity contribution is 0.0696. The average Bonchev–Trinajstić information content (AvgIpc) is 3.74. The van der Waals surface area contributed by atoms with E-state index in [0.29, 0.717) is 35.5 Å². The van der Waals surface area contributed by atoms with Gasteiger partial charge in [0.15, 0.2) is 11.5 Å². The second kappa shape index (κ2) is 8.51. The number of amides is 1. The molecular weight excluding hydrogens is 468 g/mol. The molecule has 0 saturated heterocycles. The lowest BCUT2D eigenvalue weighted by atomic mass is 9.95. The zero-order valence-corrected chi connectivity index (χ0v) is 21.1. The van der Waals surface area contributed by atoms with Crippen molar-refractivity contribution in [1.29, 1.82) is 0 Å². The van der Waals surface area contributed by atoms with Crippen molar-refractivity contribution in [2.24, 2.45) is 11.8 Å². The maximum Gasteiger partial charge on any atom is 0.255 e. The number of carbonyl (C=O) groups is 1. The highest BCUT2D eigenvalue weighted by Crippen LogP contribution is 2.47. The molecule has 9 heteroatoms. The normalized spacial score (nSPS) is 21.9. The van der Waals surface area contributed by atoms with E-state index < -0.39 is 6.23 Å². The molecule has 3 aromatic rings. The van der Waals surface area contributed by atoms with Crippen LogP contribution in [0.5, 0.6) is 0 Å². The summed E-state index contributed by atoms with van der Waals surface area (Å²) in [6.45, 7) is 2.79. The smallest absolute Gasteiger partial charge is 0.255 e. The van der Waals surface area contributed by atoms with Crippen LogP contribution < -0.4 is 11.1 Å². The molecule has 1 unspecified atom stereocenters. The number of rotatable bonds is 9. The average molecular weight is 503 g/mol. The Labute approximate surface area is 215 Å². The minimum atomic E-state index is -1.09. The molecule has 5 N–H and O–H groups in total. The van der Waals surface area contributed by atoms with Gasteiger partial charge in [0.1, 0.15) is 6.23 Å². The van der Waals surface area contributed by atoms with Gasteiger partial charge in [-0.3, -0.25) is 10.1 Å². The van der Waals surface area contributed by atoms with Gasteiger partial charge in [0, 0.05) is 36.0 Å². The van der Waals surface area contributed by atoms with E-state index in [4.69, 9.17) is 10.7 Å². The van der Waals surface area contributed by atoms with Gasteiger partial charge in [0.2, 0.25) is 0 Å². The summed E-state index contributed by atoms with van der Waals surface area (Å²) in [6.07, 6.45) is 7.45. The topological polar surface area (TPSA) is 129 Å². The third-order valence-corrected chi connectivity index (χ3v) is 8.76. The quantitative estimate of drug-likeness (QED) is 0.331. The number of aliphatic hydroxyl groups is 2. The largest absolute Gasteiger partial charge is 0.395 e. The van der Waals surface area contributed by atoms with Gasteiger partial charge < -0.3 is 20.8 Å². The Hall–Kier alpha value is -3.01. The van der Waals surface area contributed by atoms with Crippen LogP contribution in [0.3, 0.4) is 0 Å². The van der Waals surface area contributed by atoms with Gasteiger partial charge in [-0.05, 0) is 92.5 Å². The predicted octanol–water partition coefficient (Wildman–Crippen LogP) is 2.96. The van der Waals surface area contributed by atoms with Crippen LogP contribution in [-0.2, 0) is 6.54 Å². The lowest BCUT2D eigenvalue weighted by Crippen LogP contribution is -2.37. The molecule has 9 nitrogen and oxygen atoms in total. The van der Waals surface area contributed by atoms with E-state index in [0.717, 1.165) is 53.6 Å². The molecule has 4 aliphatic rings. The summed E-state index contributed by atoms with van der Waals surface area (Å²) >= 11 is 0. The number of nitrogen functional groups attached to an aromatic ring is 1. The molecule has 194 valence electrons. The Kier molecular flexibility index (Phi) is 5.32. The fourth-order valence-electron chi connectivity index (χ4n) is 6.05. The molecule has 0 spiro atoms. The Morgan fingerprint density at radius 1 is 1.16 bits per heavy atom. The van der Waals surface area contributed by atoms with Gasteiger partial charge in [-0.25, -0.2) is 9.50 Å². The van der Waals surface area contributed by atoms with Crippen LogP contribution in [0.25, 0.3) is 16.9 Å². The number of hydrogen-bond acceptors (Lipinski definition) is 7. The van der Waals surface area contributed by atoms with Crippen molar-refractivity contribution >= 4 is 17.4 Å². The van der Waals surface area contributed by atoms with Crippen LogP contribution in [0.1, 0.15) is 84.6 Å². The zero-order chi connectivity index (χ0) is 25.4. The number of hydrogen-bond donors (Lipinski definition) is 4. The first-order valence-electron chi connectivity index (χ1n) is 13.6. The summed E-state index contributed by atoms with van der Waals surface area (Å²) in [5.41, 5.74) is 12.0. The minimum Gasteiger partial charge on any atom is -0.395 e. The molecule has 3 atom stereocenters. The maximum absolute atomic E-state index is 13.5. The first kappa shape index (κ1) is 23.1. The summed E-state index contributed by atoms with van der Waals surface area (Å²) < 4.78 is 1.59. The number of nitrogens with two attached hydrogens (primary N) is 1. The summed E-state index contributed by atoms with van der Waals surface area (Å²) in [4.78, 5) is 20.4. The number of benzene rings is 1. The van der Waals surface area contributed by atoms with Crippen LogP contribution in [0, 0.1) is 11.8 Å². The number of fused-ring (bicyclic) bond motifs is 2. The van der Waals surface area contributed by atoms with E-state index in [1.807, 2.05) is 12.3 Å². The Bertz CT molecular complexity index is 1390.